The molecule has 0 spiro atoms. The topological polar surface area (TPSA) is 61.0 Å². The molecule has 0 saturated heterocycles. The maximum absolute atomic E-state index is 5.93. The summed E-state index contributed by atoms with van der Waals surface area (Å²) >= 11 is 0. The van der Waals surface area contributed by atoms with Crippen molar-refractivity contribution in [1.82, 2.24) is 9.97 Å². The Labute approximate surface area is 125 Å². The monoisotopic (exact) mass is 283 g/mol. The van der Waals surface area contributed by atoms with Crippen LogP contribution in [-0.2, 0) is 6.42 Å². The number of nitrogens with two attached hydrogens (primary N) is 1. The molecule has 0 aliphatic carbocycles. The number of aryl methyl sites for hydroxylation is 1. The number of rotatable bonds is 5. The Morgan fingerprint density at radius 3 is 2.71 bits per heavy atom. The highest BCUT2D eigenvalue weighted by Crippen LogP contribution is 2.27. The van der Waals surface area contributed by atoms with Crippen molar-refractivity contribution < 1.29 is 4.74 Å². The van der Waals surface area contributed by atoms with Crippen LogP contribution in [-0.4, -0.2) is 9.97 Å². The second-order valence-corrected chi connectivity index (χ2v) is 5.32. The fourth-order valence-corrected chi connectivity index (χ4v) is 2.00. The van der Waals surface area contributed by atoms with Gasteiger partial charge in [-0.3, -0.25) is 0 Å². The molecule has 0 fully saturated rings. The molecule has 2 rings (SSSR count). The maximum Gasteiger partial charge on any atom is 0.222 e. The molecule has 0 radical (unpaired) electrons. The van der Waals surface area contributed by atoms with Gasteiger partial charge >= 0.3 is 0 Å². The first-order valence-electron chi connectivity index (χ1n) is 7.02. The SMILES string of the molecule is C=CCc1cc(N)ccc1Oc1cc(C)nc(C(C)C)n1. The molecule has 21 heavy (non-hydrogen) atoms. The van der Waals surface area contributed by atoms with Crippen LogP contribution in [0.15, 0.2) is 36.9 Å². The summed E-state index contributed by atoms with van der Waals surface area (Å²) < 4.78 is 5.93. The summed E-state index contributed by atoms with van der Waals surface area (Å²) in [5, 5.41) is 0. The van der Waals surface area contributed by atoms with Crippen molar-refractivity contribution in [3.05, 3.63) is 54.0 Å². The highest BCUT2D eigenvalue weighted by molar-refractivity contribution is 5.49. The molecule has 4 nitrogen and oxygen atoms in total. The van der Waals surface area contributed by atoms with Crippen LogP contribution < -0.4 is 10.5 Å². The van der Waals surface area contributed by atoms with Crippen molar-refractivity contribution >= 4 is 5.69 Å². The zero-order chi connectivity index (χ0) is 15.4. The van der Waals surface area contributed by atoms with Crippen molar-refractivity contribution in [2.75, 3.05) is 5.73 Å². The first-order chi connectivity index (χ1) is 9.99. The third-order valence-electron chi connectivity index (χ3n) is 3.03. The molecule has 110 valence electrons. The van der Waals surface area contributed by atoms with E-state index in [9.17, 15) is 0 Å². The first kappa shape index (κ1) is 15.0. The summed E-state index contributed by atoms with van der Waals surface area (Å²) in [6.45, 7) is 9.82. The van der Waals surface area contributed by atoms with Gasteiger partial charge in [0, 0.05) is 28.9 Å². The molecule has 1 aromatic carbocycles. The summed E-state index contributed by atoms with van der Waals surface area (Å²) in [5.74, 6) is 2.34. The molecule has 2 N–H and O–H groups in total. The minimum absolute atomic E-state index is 0.256. The fourth-order valence-electron chi connectivity index (χ4n) is 2.00. The average molecular weight is 283 g/mol. The molecule has 2 aromatic rings. The van der Waals surface area contributed by atoms with Gasteiger partial charge in [0.2, 0.25) is 5.88 Å². The number of ether oxygens (including phenoxy) is 1. The second kappa shape index (κ2) is 6.39. The van der Waals surface area contributed by atoms with Crippen LogP contribution in [0.5, 0.6) is 11.6 Å². The summed E-state index contributed by atoms with van der Waals surface area (Å²) in [4.78, 5) is 8.88. The van der Waals surface area contributed by atoms with Crippen LogP contribution in [0.2, 0.25) is 0 Å². The Hall–Kier alpha value is -2.36. The van der Waals surface area contributed by atoms with Crippen LogP contribution in [0, 0.1) is 6.92 Å². The van der Waals surface area contributed by atoms with Crippen molar-refractivity contribution in [1.29, 1.82) is 0 Å². The van der Waals surface area contributed by atoms with E-state index in [2.05, 4.69) is 30.4 Å². The van der Waals surface area contributed by atoms with E-state index in [0.29, 0.717) is 18.0 Å². The van der Waals surface area contributed by atoms with Crippen LogP contribution in [0.4, 0.5) is 5.69 Å². The lowest BCUT2D eigenvalue weighted by atomic mass is 10.1. The molecule has 0 atom stereocenters. The molecule has 1 heterocycles. The molecule has 1 aromatic heterocycles. The van der Waals surface area contributed by atoms with Gasteiger partial charge in [-0.05, 0) is 31.5 Å². The van der Waals surface area contributed by atoms with E-state index in [0.717, 1.165) is 22.8 Å². The summed E-state index contributed by atoms with van der Waals surface area (Å²) in [6.07, 6.45) is 2.52. The number of anilines is 1. The highest BCUT2D eigenvalue weighted by Gasteiger charge is 2.10. The Morgan fingerprint density at radius 2 is 2.05 bits per heavy atom. The third-order valence-corrected chi connectivity index (χ3v) is 3.03. The molecular formula is C17H21N3O. The van der Waals surface area contributed by atoms with Gasteiger partial charge in [0.1, 0.15) is 11.6 Å². The standard InChI is InChI=1S/C17H21N3O/c1-5-6-13-10-14(18)7-8-15(13)21-16-9-12(4)19-17(20-16)11(2)3/h5,7-11H,1,6,18H2,2-4H3. The normalized spacial score (nSPS) is 10.7. The van der Waals surface area contributed by atoms with Crippen LogP contribution in [0.25, 0.3) is 0 Å². The largest absolute Gasteiger partial charge is 0.439 e. The fraction of sp³-hybridized carbons (Fsp3) is 0.294. The van der Waals surface area contributed by atoms with Gasteiger partial charge in [0.15, 0.2) is 0 Å². The highest BCUT2D eigenvalue weighted by atomic mass is 16.5. The number of nitrogen functional groups attached to an aromatic ring is 1. The van der Waals surface area contributed by atoms with E-state index < -0.39 is 0 Å². The van der Waals surface area contributed by atoms with E-state index in [1.165, 1.54) is 0 Å². The maximum atomic E-state index is 5.93. The number of nitrogens with zero attached hydrogens (tertiary/aromatic N) is 2. The Bertz CT molecular complexity index is 650. The van der Waals surface area contributed by atoms with Gasteiger partial charge in [0.05, 0.1) is 0 Å². The van der Waals surface area contributed by atoms with Gasteiger partial charge in [-0.25, -0.2) is 4.98 Å². The Kier molecular flexibility index (Phi) is 4.58. The van der Waals surface area contributed by atoms with E-state index in [1.807, 2.05) is 37.3 Å². The van der Waals surface area contributed by atoms with Crippen molar-refractivity contribution in [3.8, 4) is 11.6 Å². The van der Waals surface area contributed by atoms with E-state index in [-0.39, 0.29) is 5.92 Å². The molecule has 0 bridgehead atoms. The van der Waals surface area contributed by atoms with Crippen LogP contribution in [0.3, 0.4) is 0 Å². The zero-order valence-electron chi connectivity index (χ0n) is 12.8. The van der Waals surface area contributed by atoms with Gasteiger partial charge in [-0.2, -0.15) is 4.98 Å². The minimum Gasteiger partial charge on any atom is -0.439 e. The van der Waals surface area contributed by atoms with Gasteiger partial charge in [-0.1, -0.05) is 19.9 Å². The van der Waals surface area contributed by atoms with Gasteiger partial charge in [0.25, 0.3) is 0 Å². The van der Waals surface area contributed by atoms with E-state index in [1.54, 1.807) is 0 Å². The predicted octanol–water partition coefficient (Wildman–Crippen LogP) is 4.01. The molecule has 0 saturated carbocycles. The van der Waals surface area contributed by atoms with Crippen molar-refractivity contribution in [3.63, 3.8) is 0 Å². The molecule has 0 aliphatic rings. The molecule has 4 heteroatoms. The van der Waals surface area contributed by atoms with Gasteiger partial charge in [-0.15, -0.1) is 6.58 Å². The van der Waals surface area contributed by atoms with E-state index in [4.69, 9.17) is 10.5 Å². The second-order valence-electron chi connectivity index (χ2n) is 5.32. The molecule has 0 amide bonds. The van der Waals surface area contributed by atoms with Crippen LogP contribution in [0.1, 0.15) is 36.8 Å². The first-order valence-corrected chi connectivity index (χ1v) is 7.02. The zero-order valence-corrected chi connectivity index (χ0v) is 12.8. The van der Waals surface area contributed by atoms with Gasteiger partial charge < -0.3 is 10.5 Å². The van der Waals surface area contributed by atoms with Crippen molar-refractivity contribution in [2.45, 2.75) is 33.1 Å². The number of hydrogen-bond donors (Lipinski definition) is 1. The number of allylic oxidation sites excluding steroid dienone is 1. The summed E-state index contributed by atoms with van der Waals surface area (Å²) in [7, 11) is 0. The number of hydrogen-bond acceptors (Lipinski definition) is 4. The Balaban J connectivity index is 2.35. The smallest absolute Gasteiger partial charge is 0.222 e. The molecule has 0 aliphatic heterocycles. The predicted molar refractivity (Wildman–Crippen MR) is 85.7 cm³/mol. The lowest BCUT2D eigenvalue weighted by molar-refractivity contribution is 0.451. The quantitative estimate of drug-likeness (QED) is 0.665. The lowest BCUT2D eigenvalue weighted by Gasteiger charge is -2.12. The lowest BCUT2D eigenvalue weighted by Crippen LogP contribution is -2.02. The minimum atomic E-state index is 0.256. The summed E-state index contributed by atoms with van der Waals surface area (Å²) in [6, 6.07) is 7.41. The Morgan fingerprint density at radius 1 is 1.29 bits per heavy atom. The van der Waals surface area contributed by atoms with Crippen LogP contribution >= 0.6 is 0 Å². The van der Waals surface area contributed by atoms with Crippen molar-refractivity contribution in [2.24, 2.45) is 0 Å². The number of aromatic nitrogens is 2. The van der Waals surface area contributed by atoms with E-state index >= 15 is 0 Å². The molecule has 0 unspecified atom stereocenters. The third kappa shape index (κ3) is 3.81. The average Bonchev–Trinajstić information content (AvgIpc) is 2.41. The molecular weight excluding hydrogens is 262 g/mol. The summed E-state index contributed by atoms with van der Waals surface area (Å²) in [5.41, 5.74) is 8.42. The number of benzene rings is 1.